The van der Waals surface area contributed by atoms with Gasteiger partial charge in [0.05, 0.1) is 10.8 Å². The number of nitrogens with zero attached hydrogens (tertiary/aromatic N) is 1. The van der Waals surface area contributed by atoms with E-state index in [0.29, 0.717) is 6.42 Å². The molecule has 0 saturated heterocycles. The van der Waals surface area contributed by atoms with Gasteiger partial charge in [0.15, 0.2) is 9.84 Å². The van der Waals surface area contributed by atoms with Crippen LogP contribution in [-0.2, 0) is 21.1 Å². The fourth-order valence-corrected chi connectivity index (χ4v) is 4.89. The molecule has 0 aliphatic heterocycles. The number of ketones is 1. The Hall–Kier alpha value is -3.57. The largest absolute Gasteiger partial charge is 0.298 e. The number of benzene rings is 3. The highest BCUT2D eigenvalue weighted by Gasteiger charge is 2.24. The van der Waals surface area contributed by atoms with Crippen molar-refractivity contribution in [1.82, 2.24) is 4.98 Å². The van der Waals surface area contributed by atoms with Crippen molar-refractivity contribution >= 4 is 15.6 Å². The molecule has 5 heteroatoms. The minimum Gasteiger partial charge on any atom is -0.298 e. The Morgan fingerprint density at radius 2 is 1.59 bits per heavy atom. The number of hydrogen-bond donors (Lipinski definition) is 0. The number of aryl methyl sites for hydroxylation is 2. The predicted molar refractivity (Wildman–Crippen MR) is 136 cm³/mol. The van der Waals surface area contributed by atoms with Crippen LogP contribution < -0.4 is 0 Å². The van der Waals surface area contributed by atoms with Crippen molar-refractivity contribution in [3.63, 3.8) is 0 Å². The van der Waals surface area contributed by atoms with E-state index in [1.807, 2.05) is 74.5 Å². The Kier molecular flexibility index (Phi) is 6.75. The molecule has 34 heavy (non-hydrogen) atoms. The van der Waals surface area contributed by atoms with E-state index in [-0.39, 0.29) is 10.7 Å². The molecule has 1 heterocycles. The molecule has 0 fully saturated rings. The van der Waals surface area contributed by atoms with Gasteiger partial charge in [-0.25, -0.2) is 8.42 Å². The SMILES string of the molecule is Cc1cc(CC(=O)C(c2cccc(-c3ccc(S(C)(=O)=O)cc3)c2)c2ccccc2C)ccn1. The van der Waals surface area contributed by atoms with Gasteiger partial charge in [0.2, 0.25) is 0 Å². The third kappa shape index (κ3) is 5.32. The molecule has 0 bridgehead atoms. The van der Waals surface area contributed by atoms with E-state index in [0.717, 1.165) is 39.1 Å². The first-order valence-corrected chi connectivity index (χ1v) is 13.0. The van der Waals surface area contributed by atoms with Crippen molar-refractivity contribution in [1.29, 1.82) is 0 Å². The molecule has 4 rings (SSSR count). The second-order valence-electron chi connectivity index (χ2n) is 8.66. The molecule has 4 aromatic rings. The normalized spacial score (nSPS) is 12.3. The van der Waals surface area contributed by atoms with Gasteiger partial charge in [-0.2, -0.15) is 0 Å². The summed E-state index contributed by atoms with van der Waals surface area (Å²) >= 11 is 0. The minimum atomic E-state index is -3.26. The topological polar surface area (TPSA) is 64.1 Å². The molecule has 0 spiro atoms. The summed E-state index contributed by atoms with van der Waals surface area (Å²) in [6.07, 6.45) is 3.25. The summed E-state index contributed by atoms with van der Waals surface area (Å²) in [4.78, 5) is 18.2. The van der Waals surface area contributed by atoms with Crippen LogP contribution in [0.1, 0.15) is 33.9 Å². The van der Waals surface area contributed by atoms with Crippen LogP contribution in [-0.4, -0.2) is 25.4 Å². The molecule has 0 saturated carbocycles. The number of rotatable bonds is 7. The third-order valence-corrected chi connectivity index (χ3v) is 7.13. The van der Waals surface area contributed by atoms with Crippen molar-refractivity contribution in [2.45, 2.75) is 31.1 Å². The second-order valence-corrected chi connectivity index (χ2v) is 10.7. The summed E-state index contributed by atoms with van der Waals surface area (Å²) < 4.78 is 23.6. The highest BCUT2D eigenvalue weighted by atomic mass is 32.2. The van der Waals surface area contributed by atoms with Gasteiger partial charge in [-0.1, -0.05) is 60.7 Å². The summed E-state index contributed by atoms with van der Waals surface area (Å²) in [5.41, 5.74) is 6.63. The van der Waals surface area contributed by atoms with E-state index in [1.54, 1.807) is 30.5 Å². The molecule has 3 aromatic carbocycles. The van der Waals surface area contributed by atoms with Gasteiger partial charge in [0.1, 0.15) is 5.78 Å². The van der Waals surface area contributed by atoms with E-state index < -0.39 is 15.8 Å². The van der Waals surface area contributed by atoms with Gasteiger partial charge < -0.3 is 0 Å². The fourth-order valence-electron chi connectivity index (χ4n) is 4.26. The average molecular weight is 470 g/mol. The molecule has 0 N–H and O–H groups in total. The first-order chi connectivity index (χ1) is 16.2. The van der Waals surface area contributed by atoms with Crippen molar-refractivity contribution < 1.29 is 13.2 Å². The van der Waals surface area contributed by atoms with E-state index in [1.165, 1.54) is 6.26 Å². The Morgan fingerprint density at radius 1 is 0.853 bits per heavy atom. The lowest BCUT2D eigenvalue weighted by Gasteiger charge is -2.20. The van der Waals surface area contributed by atoms with Crippen molar-refractivity contribution in [3.05, 3.63) is 119 Å². The van der Waals surface area contributed by atoms with Crippen molar-refractivity contribution in [2.24, 2.45) is 0 Å². The molecule has 1 atom stereocenters. The Morgan fingerprint density at radius 3 is 2.26 bits per heavy atom. The third-order valence-electron chi connectivity index (χ3n) is 6.00. The van der Waals surface area contributed by atoms with Crippen molar-refractivity contribution in [3.8, 4) is 11.1 Å². The maximum absolute atomic E-state index is 13.7. The molecular weight excluding hydrogens is 442 g/mol. The van der Waals surface area contributed by atoms with E-state index in [2.05, 4.69) is 4.98 Å². The first kappa shape index (κ1) is 23.6. The van der Waals surface area contributed by atoms with Crippen molar-refractivity contribution in [2.75, 3.05) is 6.26 Å². The molecule has 0 radical (unpaired) electrons. The zero-order chi connectivity index (χ0) is 24.3. The molecular formula is C29H27NO3S. The van der Waals surface area contributed by atoms with Gasteiger partial charge in [-0.05, 0) is 71.5 Å². The lowest BCUT2D eigenvalue weighted by molar-refractivity contribution is -0.119. The number of pyridine rings is 1. The fraction of sp³-hybridized carbons (Fsp3) is 0.172. The molecule has 0 aliphatic carbocycles. The number of carbonyl (C=O) groups excluding carboxylic acids is 1. The molecule has 0 amide bonds. The maximum atomic E-state index is 13.7. The summed E-state index contributed by atoms with van der Waals surface area (Å²) in [7, 11) is -3.26. The van der Waals surface area contributed by atoms with E-state index in [4.69, 9.17) is 0 Å². The van der Waals surface area contributed by atoms with Gasteiger partial charge in [-0.3, -0.25) is 9.78 Å². The highest BCUT2D eigenvalue weighted by Crippen LogP contribution is 2.32. The minimum absolute atomic E-state index is 0.115. The first-order valence-electron chi connectivity index (χ1n) is 11.1. The lowest BCUT2D eigenvalue weighted by atomic mass is 9.82. The van der Waals surface area contributed by atoms with Crippen LogP contribution in [0.5, 0.6) is 0 Å². The van der Waals surface area contributed by atoms with Crippen LogP contribution in [0.2, 0.25) is 0 Å². The molecule has 1 unspecified atom stereocenters. The molecule has 0 aliphatic rings. The molecule has 172 valence electrons. The highest BCUT2D eigenvalue weighted by molar-refractivity contribution is 7.90. The average Bonchev–Trinajstić information content (AvgIpc) is 2.80. The lowest BCUT2D eigenvalue weighted by Crippen LogP contribution is -2.18. The second kappa shape index (κ2) is 9.74. The van der Waals surface area contributed by atoms with Gasteiger partial charge in [0.25, 0.3) is 0 Å². The Labute approximate surface area is 201 Å². The quantitative estimate of drug-likeness (QED) is 0.348. The Balaban J connectivity index is 1.75. The van der Waals surface area contributed by atoms with Crippen LogP contribution in [0.4, 0.5) is 0 Å². The Bertz CT molecular complexity index is 1440. The van der Waals surface area contributed by atoms with Crippen LogP contribution in [0.3, 0.4) is 0 Å². The number of Topliss-reactive ketones (excluding diaryl/α,β-unsaturated/α-hetero) is 1. The van der Waals surface area contributed by atoms with Gasteiger partial charge in [0, 0.05) is 24.6 Å². The molecule has 4 nitrogen and oxygen atoms in total. The number of aromatic nitrogens is 1. The molecule has 1 aromatic heterocycles. The number of sulfone groups is 1. The summed E-state index contributed by atoms with van der Waals surface area (Å²) in [6, 6.07) is 26.6. The maximum Gasteiger partial charge on any atom is 0.175 e. The van der Waals surface area contributed by atoms with Crippen LogP contribution in [0.15, 0.2) is 96.0 Å². The monoisotopic (exact) mass is 469 g/mol. The zero-order valence-corrected chi connectivity index (χ0v) is 20.3. The van der Waals surface area contributed by atoms with Crippen LogP contribution in [0.25, 0.3) is 11.1 Å². The van der Waals surface area contributed by atoms with Gasteiger partial charge in [-0.15, -0.1) is 0 Å². The van der Waals surface area contributed by atoms with E-state index >= 15 is 0 Å². The zero-order valence-electron chi connectivity index (χ0n) is 19.5. The van der Waals surface area contributed by atoms with E-state index in [9.17, 15) is 13.2 Å². The smallest absolute Gasteiger partial charge is 0.175 e. The predicted octanol–water partition coefficient (Wildman–Crippen LogP) is 5.71. The van der Waals surface area contributed by atoms with Crippen LogP contribution >= 0.6 is 0 Å². The summed E-state index contributed by atoms with van der Waals surface area (Å²) in [5.74, 6) is -0.297. The number of carbonyl (C=O) groups is 1. The van der Waals surface area contributed by atoms with Gasteiger partial charge >= 0.3 is 0 Å². The van der Waals surface area contributed by atoms with Crippen LogP contribution in [0, 0.1) is 13.8 Å². The standard InChI is InChI=1S/C29H27NO3S/c1-20-7-4-5-10-27(20)29(28(31)18-22-15-16-30-21(2)17-22)25-9-6-8-24(19-25)23-11-13-26(14-12-23)34(3,32)33/h4-17,19,29H,18H2,1-3H3. The summed E-state index contributed by atoms with van der Waals surface area (Å²) in [6.45, 7) is 3.95. The summed E-state index contributed by atoms with van der Waals surface area (Å²) in [5, 5.41) is 0. The number of hydrogen-bond acceptors (Lipinski definition) is 4.